The van der Waals surface area contributed by atoms with E-state index in [1.807, 2.05) is 0 Å². The molecule has 3 atom stereocenters. The zero-order valence-electron chi connectivity index (χ0n) is 10.5. The molecule has 2 N–H and O–H groups in total. The second kappa shape index (κ2) is 4.84. The van der Waals surface area contributed by atoms with E-state index in [9.17, 15) is 4.79 Å². The van der Waals surface area contributed by atoms with Crippen molar-refractivity contribution in [1.82, 2.24) is 15.5 Å². The molecule has 0 bridgehead atoms. The van der Waals surface area contributed by atoms with E-state index in [-0.39, 0.29) is 6.03 Å². The summed E-state index contributed by atoms with van der Waals surface area (Å²) in [7, 11) is 0. The lowest BCUT2D eigenvalue weighted by atomic mass is 9.81. The van der Waals surface area contributed by atoms with Crippen molar-refractivity contribution in [2.45, 2.75) is 50.6 Å². The molecule has 0 spiro atoms. The normalized spacial score (nSPS) is 38.5. The third-order valence-corrected chi connectivity index (χ3v) is 4.66. The van der Waals surface area contributed by atoms with Crippen LogP contribution in [0, 0.1) is 5.92 Å². The van der Waals surface area contributed by atoms with Gasteiger partial charge in [-0.1, -0.05) is 6.42 Å². The van der Waals surface area contributed by atoms with Crippen LogP contribution in [0.4, 0.5) is 4.79 Å². The zero-order valence-corrected chi connectivity index (χ0v) is 10.5. The van der Waals surface area contributed by atoms with Gasteiger partial charge in [-0.15, -0.1) is 0 Å². The monoisotopic (exact) mass is 237 g/mol. The fourth-order valence-corrected chi connectivity index (χ4v) is 3.75. The van der Waals surface area contributed by atoms with Gasteiger partial charge >= 0.3 is 6.03 Å². The van der Waals surface area contributed by atoms with Crippen molar-refractivity contribution in [3.63, 3.8) is 0 Å². The van der Waals surface area contributed by atoms with Crippen LogP contribution in [0.1, 0.15) is 38.5 Å². The Balaban J connectivity index is 1.72. The number of hydrogen-bond donors (Lipinski definition) is 2. The number of carbonyl (C=O) groups excluding carboxylic acids is 1. The molecule has 3 aliphatic heterocycles. The van der Waals surface area contributed by atoms with Gasteiger partial charge in [-0.05, 0) is 38.6 Å². The number of fused-ring (bicyclic) bond motifs is 1. The summed E-state index contributed by atoms with van der Waals surface area (Å²) in [6.07, 6.45) is 7.60. The van der Waals surface area contributed by atoms with Gasteiger partial charge in [0.1, 0.15) is 0 Å². The molecule has 17 heavy (non-hydrogen) atoms. The minimum absolute atomic E-state index is 0.168. The van der Waals surface area contributed by atoms with Gasteiger partial charge in [-0.25, -0.2) is 4.79 Å². The molecule has 3 aliphatic rings. The maximum absolute atomic E-state index is 11.9. The lowest BCUT2D eigenvalue weighted by Gasteiger charge is -2.47. The predicted molar refractivity (Wildman–Crippen MR) is 66.9 cm³/mol. The molecule has 0 aromatic heterocycles. The molecule has 0 aliphatic carbocycles. The van der Waals surface area contributed by atoms with E-state index in [1.165, 1.54) is 38.5 Å². The lowest BCUT2D eigenvalue weighted by molar-refractivity contribution is 0.0724. The number of urea groups is 1. The minimum atomic E-state index is 0.168. The smallest absolute Gasteiger partial charge is 0.317 e. The zero-order chi connectivity index (χ0) is 11.7. The molecule has 3 unspecified atom stereocenters. The van der Waals surface area contributed by atoms with Gasteiger partial charge in [0.05, 0.1) is 0 Å². The van der Waals surface area contributed by atoms with Crippen molar-refractivity contribution in [3.05, 3.63) is 0 Å². The summed E-state index contributed by atoms with van der Waals surface area (Å²) in [4.78, 5) is 13.9. The molecule has 2 amide bonds. The van der Waals surface area contributed by atoms with Crippen molar-refractivity contribution < 1.29 is 4.79 Å². The second-order valence-electron chi connectivity index (χ2n) is 5.66. The SMILES string of the molecule is O=C1NCC(C2CCCCN2)C2CCCCN12. The Morgan fingerprint density at radius 1 is 1.12 bits per heavy atom. The molecular weight excluding hydrogens is 214 g/mol. The molecule has 0 aromatic rings. The maximum atomic E-state index is 11.9. The fraction of sp³-hybridized carbons (Fsp3) is 0.923. The molecule has 3 fully saturated rings. The molecule has 0 saturated carbocycles. The third-order valence-electron chi connectivity index (χ3n) is 4.66. The Labute approximate surface area is 103 Å². The molecule has 4 heteroatoms. The van der Waals surface area contributed by atoms with Gasteiger partial charge in [0.15, 0.2) is 0 Å². The van der Waals surface area contributed by atoms with Crippen molar-refractivity contribution >= 4 is 6.03 Å². The van der Waals surface area contributed by atoms with Gasteiger partial charge in [0, 0.05) is 31.1 Å². The summed E-state index contributed by atoms with van der Waals surface area (Å²) in [6, 6.07) is 1.28. The maximum Gasteiger partial charge on any atom is 0.317 e. The number of nitrogens with one attached hydrogen (secondary N) is 2. The van der Waals surface area contributed by atoms with Crippen LogP contribution >= 0.6 is 0 Å². The highest BCUT2D eigenvalue weighted by molar-refractivity contribution is 5.75. The predicted octanol–water partition coefficient (Wildman–Crippen LogP) is 1.32. The highest BCUT2D eigenvalue weighted by atomic mass is 16.2. The van der Waals surface area contributed by atoms with Crippen molar-refractivity contribution in [2.24, 2.45) is 5.92 Å². The van der Waals surface area contributed by atoms with Gasteiger partial charge in [0.2, 0.25) is 0 Å². The van der Waals surface area contributed by atoms with Crippen LogP contribution in [-0.2, 0) is 0 Å². The molecular formula is C13H23N3O. The average Bonchev–Trinajstić information content (AvgIpc) is 2.41. The molecule has 0 aromatic carbocycles. The van der Waals surface area contributed by atoms with Crippen molar-refractivity contribution in [2.75, 3.05) is 19.6 Å². The summed E-state index contributed by atoms with van der Waals surface area (Å²) < 4.78 is 0. The van der Waals surface area contributed by atoms with E-state index >= 15 is 0 Å². The number of piperidine rings is 2. The Kier molecular flexibility index (Phi) is 3.23. The lowest BCUT2D eigenvalue weighted by Crippen LogP contribution is -2.63. The molecule has 3 heterocycles. The Hall–Kier alpha value is -0.770. The van der Waals surface area contributed by atoms with Crippen LogP contribution in [-0.4, -0.2) is 42.6 Å². The van der Waals surface area contributed by atoms with E-state index in [0.29, 0.717) is 18.0 Å². The summed E-state index contributed by atoms with van der Waals surface area (Å²) in [5.41, 5.74) is 0. The van der Waals surface area contributed by atoms with E-state index in [1.54, 1.807) is 0 Å². The van der Waals surface area contributed by atoms with Crippen LogP contribution < -0.4 is 10.6 Å². The summed E-state index contributed by atoms with van der Waals surface area (Å²) in [5, 5.41) is 6.73. The topological polar surface area (TPSA) is 44.4 Å². The van der Waals surface area contributed by atoms with E-state index in [2.05, 4.69) is 15.5 Å². The summed E-state index contributed by atoms with van der Waals surface area (Å²) in [6.45, 7) is 2.99. The van der Waals surface area contributed by atoms with Gasteiger partial charge in [0.25, 0.3) is 0 Å². The Bertz CT molecular complexity index is 288. The standard InChI is InChI=1S/C13H23N3O/c17-13-15-9-10(11-5-1-3-7-14-11)12-6-2-4-8-16(12)13/h10-12,14H,1-9H2,(H,15,17). The van der Waals surface area contributed by atoms with Crippen LogP contribution in [0.2, 0.25) is 0 Å². The van der Waals surface area contributed by atoms with Crippen LogP contribution in [0.3, 0.4) is 0 Å². The molecule has 4 nitrogen and oxygen atoms in total. The highest BCUT2D eigenvalue weighted by Crippen LogP contribution is 2.30. The van der Waals surface area contributed by atoms with Gasteiger partial charge < -0.3 is 15.5 Å². The van der Waals surface area contributed by atoms with Gasteiger partial charge in [-0.3, -0.25) is 0 Å². The highest BCUT2D eigenvalue weighted by Gasteiger charge is 2.40. The number of hydrogen-bond acceptors (Lipinski definition) is 2. The first-order valence-corrected chi connectivity index (χ1v) is 7.14. The number of carbonyl (C=O) groups is 1. The largest absolute Gasteiger partial charge is 0.338 e. The first-order valence-electron chi connectivity index (χ1n) is 7.14. The van der Waals surface area contributed by atoms with Crippen molar-refractivity contribution in [3.8, 4) is 0 Å². The fourth-order valence-electron chi connectivity index (χ4n) is 3.75. The van der Waals surface area contributed by atoms with Gasteiger partial charge in [-0.2, -0.15) is 0 Å². The molecule has 3 rings (SSSR count). The first kappa shape index (κ1) is 11.3. The van der Waals surface area contributed by atoms with Crippen LogP contribution in [0.5, 0.6) is 0 Å². The summed E-state index contributed by atoms with van der Waals surface area (Å²) in [5.74, 6) is 0.619. The molecule has 0 radical (unpaired) electrons. The van der Waals surface area contributed by atoms with E-state index < -0.39 is 0 Å². The third kappa shape index (κ3) is 2.15. The van der Waals surface area contributed by atoms with Crippen molar-refractivity contribution in [1.29, 1.82) is 0 Å². The van der Waals surface area contributed by atoms with Crippen LogP contribution in [0.15, 0.2) is 0 Å². The molecule has 3 saturated heterocycles. The Morgan fingerprint density at radius 3 is 2.82 bits per heavy atom. The van der Waals surface area contributed by atoms with E-state index in [0.717, 1.165) is 19.6 Å². The first-order chi connectivity index (χ1) is 8.36. The average molecular weight is 237 g/mol. The van der Waals surface area contributed by atoms with E-state index in [4.69, 9.17) is 0 Å². The summed E-state index contributed by atoms with van der Waals surface area (Å²) >= 11 is 0. The van der Waals surface area contributed by atoms with Crippen LogP contribution in [0.25, 0.3) is 0 Å². The number of nitrogens with zero attached hydrogens (tertiary/aromatic N) is 1. The molecule has 96 valence electrons. The number of amides is 2. The minimum Gasteiger partial charge on any atom is -0.338 e. The second-order valence-corrected chi connectivity index (χ2v) is 5.66. The number of rotatable bonds is 1. The Morgan fingerprint density at radius 2 is 2.00 bits per heavy atom. The quantitative estimate of drug-likeness (QED) is 0.722.